The molecule has 1 aromatic heterocycles. The Hall–Kier alpha value is -1.15. The fraction of sp³-hybridized carbons (Fsp3) is 0.250. The number of halogens is 1. The predicted octanol–water partition coefficient (Wildman–Crippen LogP) is 2.33. The lowest BCUT2D eigenvalue weighted by atomic mass is 10.1. The van der Waals surface area contributed by atoms with E-state index in [4.69, 9.17) is 16.7 Å². The van der Waals surface area contributed by atoms with Gasteiger partial charge in [-0.15, -0.1) is 0 Å². The highest BCUT2D eigenvalue weighted by Gasteiger charge is 2.20. The van der Waals surface area contributed by atoms with Gasteiger partial charge in [0.2, 0.25) is 0 Å². The zero-order valence-corrected chi connectivity index (χ0v) is 13.0. The van der Waals surface area contributed by atoms with Gasteiger partial charge >= 0.3 is 0 Å². The molecular formula is C12H13ClN2O3S2. The number of aromatic nitrogens is 1. The van der Waals surface area contributed by atoms with Crippen LogP contribution in [0.3, 0.4) is 0 Å². The van der Waals surface area contributed by atoms with E-state index in [1.165, 1.54) is 0 Å². The first-order valence-corrected chi connectivity index (χ1v) is 8.47. The molecule has 0 saturated carbocycles. The van der Waals surface area contributed by atoms with Gasteiger partial charge in [-0.1, -0.05) is 35.1 Å². The zero-order valence-electron chi connectivity index (χ0n) is 10.6. The first-order chi connectivity index (χ1) is 9.38. The highest BCUT2D eigenvalue weighted by atomic mass is 35.5. The van der Waals surface area contributed by atoms with E-state index in [1.807, 2.05) is 0 Å². The van der Waals surface area contributed by atoms with Gasteiger partial charge < -0.3 is 5.11 Å². The Labute approximate surface area is 126 Å². The SMILES string of the molecule is Cc1nc(Cl)sc1S(=O)(=O)NCCc1ccc(O)cc1. The van der Waals surface area contributed by atoms with Crippen molar-refractivity contribution in [3.8, 4) is 5.75 Å². The molecule has 20 heavy (non-hydrogen) atoms. The summed E-state index contributed by atoms with van der Waals surface area (Å²) in [4.78, 5) is 3.89. The number of benzene rings is 1. The summed E-state index contributed by atoms with van der Waals surface area (Å²) in [6, 6.07) is 6.63. The second-order valence-electron chi connectivity index (χ2n) is 4.15. The summed E-state index contributed by atoms with van der Waals surface area (Å²) in [5, 5.41) is 9.16. The normalized spacial score (nSPS) is 11.7. The van der Waals surface area contributed by atoms with Crippen LogP contribution in [-0.2, 0) is 16.4 Å². The third kappa shape index (κ3) is 3.69. The van der Waals surface area contributed by atoms with Crippen LogP contribution in [0.5, 0.6) is 5.75 Å². The van der Waals surface area contributed by atoms with Crippen molar-refractivity contribution in [1.29, 1.82) is 0 Å². The van der Waals surface area contributed by atoms with Crippen LogP contribution in [0, 0.1) is 6.92 Å². The summed E-state index contributed by atoms with van der Waals surface area (Å²) in [5.74, 6) is 0.184. The molecule has 0 aliphatic heterocycles. The number of hydrogen-bond acceptors (Lipinski definition) is 5. The van der Waals surface area contributed by atoms with Gasteiger partial charge in [-0.25, -0.2) is 18.1 Å². The van der Waals surface area contributed by atoms with E-state index in [1.54, 1.807) is 31.2 Å². The molecule has 5 nitrogen and oxygen atoms in total. The smallest absolute Gasteiger partial charge is 0.251 e. The Morgan fingerprint density at radius 3 is 2.55 bits per heavy atom. The Bertz CT molecular complexity index is 696. The zero-order chi connectivity index (χ0) is 14.8. The van der Waals surface area contributed by atoms with E-state index in [9.17, 15) is 8.42 Å². The number of phenolic OH excluding ortho intramolecular Hbond substituents is 1. The number of sulfonamides is 1. The van der Waals surface area contributed by atoms with Crippen LogP contribution in [-0.4, -0.2) is 25.1 Å². The molecule has 1 heterocycles. The molecule has 2 N–H and O–H groups in total. The maximum atomic E-state index is 12.1. The fourth-order valence-electron chi connectivity index (χ4n) is 1.66. The minimum Gasteiger partial charge on any atom is -0.508 e. The summed E-state index contributed by atoms with van der Waals surface area (Å²) < 4.78 is 27.0. The Kier molecular flexibility index (Phi) is 4.64. The molecule has 0 saturated heterocycles. The minimum atomic E-state index is -3.58. The van der Waals surface area contributed by atoms with Gasteiger partial charge in [-0.05, 0) is 31.0 Å². The molecule has 0 spiro atoms. The third-order valence-electron chi connectivity index (χ3n) is 2.61. The van der Waals surface area contributed by atoms with Gasteiger partial charge in [-0.2, -0.15) is 0 Å². The van der Waals surface area contributed by atoms with Gasteiger partial charge in [-0.3, -0.25) is 0 Å². The van der Waals surface area contributed by atoms with Crippen LogP contribution in [0.1, 0.15) is 11.3 Å². The Morgan fingerprint density at radius 1 is 1.35 bits per heavy atom. The lowest BCUT2D eigenvalue weighted by Crippen LogP contribution is -2.25. The molecule has 0 atom stereocenters. The molecule has 8 heteroatoms. The van der Waals surface area contributed by atoms with Crippen LogP contribution in [0.2, 0.25) is 4.47 Å². The Balaban J connectivity index is 1.99. The minimum absolute atomic E-state index is 0.146. The average molecular weight is 333 g/mol. The highest BCUT2D eigenvalue weighted by molar-refractivity contribution is 7.91. The number of nitrogens with zero attached hydrogens (tertiary/aromatic N) is 1. The number of aryl methyl sites for hydroxylation is 1. The van der Waals surface area contributed by atoms with Crippen molar-refractivity contribution < 1.29 is 13.5 Å². The molecule has 108 valence electrons. The quantitative estimate of drug-likeness (QED) is 0.880. The fourth-order valence-corrected chi connectivity index (χ4v) is 4.47. The van der Waals surface area contributed by atoms with Gasteiger partial charge in [0.15, 0.2) is 8.68 Å². The number of thiazole rings is 1. The standard InChI is InChI=1S/C12H13ClN2O3S2/c1-8-11(19-12(13)15-8)20(17,18)14-7-6-9-2-4-10(16)5-3-9/h2-5,14,16H,6-7H2,1H3. The molecule has 0 aliphatic rings. The van der Waals surface area contributed by atoms with Crippen LogP contribution in [0.15, 0.2) is 28.5 Å². The van der Waals surface area contributed by atoms with Crippen molar-refractivity contribution in [3.63, 3.8) is 0 Å². The van der Waals surface area contributed by atoms with Crippen molar-refractivity contribution in [2.45, 2.75) is 17.6 Å². The summed E-state index contributed by atoms with van der Waals surface area (Å²) in [5.41, 5.74) is 1.33. The van der Waals surface area contributed by atoms with E-state index < -0.39 is 10.0 Å². The summed E-state index contributed by atoms with van der Waals surface area (Å²) in [7, 11) is -3.58. The molecule has 0 bridgehead atoms. The Morgan fingerprint density at radius 2 is 2.00 bits per heavy atom. The first kappa shape index (κ1) is 15.2. The second kappa shape index (κ2) is 6.09. The number of hydrogen-bond donors (Lipinski definition) is 2. The van der Waals surface area contributed by atoms with Crippen LogP contribution < -0.4 is 4.72 Å². The lowest BCUT2D eigenvalue weighted by molar-refractivity contribution is 0.475. The van der Waals surface area contributed by atoms with Gasteiger partial charge in [0, 0.05) is 6.54 Å². The van der Waals surface area contributed by atoms with Gasteiger partial charge in [0.1, 0.15) is 5.75 Å². The molecule has 2 rings (SSSR count). The van der Waals surface area contributed by atoms with Crippen molar-refractivity contribution in [2.24, 2.45) is 0 Å². The number of rotatable bonds is 5. The maximum Gasteiger partial charge on any atom is 0.251 e. The summed E-state index contributed by atoms with van der Waals surface area (Å²) in [6.07, 6.45) is 0.533. The van der Waals surface area contributed by atoms with Crippen molar-refractivity contribution in [2.75, 3.05) is 6.54 Å². The molecule has 0 radical (unpaired) electrons. The first-order valence-electron chi connectivity index (χ1n) is 5.79. The van der Waals surface area contributed by atoms with Crippen LogP contribution in [0.4, 0.5) is 0 Å². The molecule has 0 amide bonds. The predicted molar refractivity (Wildman–Crippen MR) is 78.9 cm³/mol. The summed E-state index contributed by atoms with van der Waals surface area (Å²) >= 11 is 6.65. The molecule has 2 aromatic rings. The van der Waals surface area contributed by atoms with Crippen molar-refractivity contribution >= 4 is 33.0 Å². The monoisotopic (exact) mass is 332 g/mol. The maximum absolute atomic E-state index is 12.1. The van der Waals surface area contributed by atoms with Crippen LogP contribution in [0.25, 0.3) is 0 Å². The van der Waals surface area contributed by atoms with E-state index in [0.29, 0.717) is 12.1 Å². The molecule has 0 fully saturated rings. The lowest BCUT2D eigenvalue weighted by Gasteiger charge is -2.05. The van der Waals surface area contributed by atoms with E-state index in [0.717, 1.165) is 16.9 Å². The van der Waals surface area contributed by atoms with Crippen molar-refractivity contribution in [1.82, 2.24) is 9.71 Å². The van der Waals surface area contributed by atoms with E-state index in [2.05, 4.69) is 9.71 Å². The molecule has 1 aromatic carbocycles. The molecule has 0 aliphatic carbocycles. The van der Waals surface area contributed by atoms with Crippen molar-refractivity contribution in [3.05, 3.63) is 40.0 Å². The topological polar surface area (TPSA) is 79.3 Å². The van der Waals surface area contributed by atoms with Crippen LogP contribution >= 0.6 is 22.9 Å². The van der Waals surface area contributed by atoms with E-state index in [-0.39, 0.29) is 21.0 Å². The molecular weight excluding hydrogens is 320 g/mol. The number of nitrogens with one attached hydrogen (secondary N) is 1. The largest absolute Gasteiger partial charge is 0.508 e. The number of aromatic hydroxyl groups is 1. The highest BCUT2D eigenvalue weighted by Crippen LogP contribution is 2.26. The third-order valence-corrected chi connectivity index (χ3v) is 5.95. The number of phenols is 1. The van der Waals surface area contributed by atoms with Gasteiger partial charge in [0.05, 0.1) is 5.69 Å². The summed E-state index contributed by atoms with van der Waals surface area (Å²) in [6.45, 7) is 1.87. The average Bonchev–Trinajstić information content (AvgIpc) is 2.72. The van der Waals surface area contributed by atoms with E-state index >= 15 is 0 Å². The van der Waals surface area contributed by atoms with Gasteiger partial charge in [0.25, 0.3) is 10.0 Å². The second-order valence-corrected chi connectivity index (χ2v) is 7.70. The molecule has 0 unspecified atom stereocenters.